The maximum absolute atomic E-state index is 14.7. The third-order valence-corrected chi connectivity index (χ3v) is 7.12. The number of nitrogens with one attached hydrogen (secondary N) is 1. The van der Waals surface area contributed by atoms with Crippen molar-refractivity contribution >= 4 is 11.0 Å². The maximum Gasteiger partial charge on any atom is 0.251 e. The van der Waals surface area contributed by atoms with Crippen LogP contribution in [0, 0.1) is 11.6 Å². The van der Waals surface area contributed by atoms with Crippen LogP contribution in [0.5, 0.6) is 11.5 Å². The minimum absolute atomic E-state index is 0.0641. The Morgan fingerprint density at radius 3 is 2.76 bits per heavy atom. The Labute approximate surface area is 195 Å². The monoisotopic (exact) mass is 468 g/mol. The van der Waals surface area contributed by atoms with Gasteiger partial charge in [0.1, 0.15) is 19.0 Å². The number of ether oxygens (including phenoxy) is 2. The molecule has 1 atom stereocenters. The summed E-state index contributed by atoms with van der Waals surface area (Å²) < 4.78 is 41.5. The van der Waals surface area contributed by atoms with E-state index in [0.717, 1.165) is 31.5 Å². The van der Waals surface area contributed by atoms with Crippen LogP contribution < -0.4 is 20.3 Å². The molecule has 178 valence electrons. The van der Waals surface area contributed by atoms with Crippen LogP contribution in [0.4, 0.5) is 8.78 Å². The van der Waals surface area contributed by atoms with Crippen molar-refractivity contribution in [1.82, 2.24) is 19.8 Å². The van der Waals surface area contributed by atoms with E-state index in [0.29, 0.717) is 61.2 Å². The Morgan fingerprint density at radius 1 is 1.09 bits per heavy atom. The van der Waals surface area contributed by atoms with E-state index in [1.807, 2.05) is 6.07 Å². The molecular formula is C25H26F2N4O3. The molecule has 1 fully saturated rings. The molecule has 3 aromatic rings. The Hall–Kier alpha value is -3.04. The molecule has 0 spiro atoms. The van der Waals surface area contributed by atoms with Crippen molar-refractivity contribution in [3.63, 3.8) is 0 Å². The molecule has 0 aliphatic carbocycles. The predicted octanol–water partition coefficient (Wildman–Crippen LogP) is 2.80. The van der Waals surface area contributed by atoms with Gasteiger partial charge in [0.05, 0.1) is 17.2 Å². The molecule has 0 unspecified atom stereocenters. The number of fused-ring (bicyclic) bond motifs is 1. The van der Waals surface area contributed by atoms with Gasteiger partial charge in [0.2, 0.25) is 0 Å². The van der Waals surface area contributed by atoms with Crippen molar-refractivity contribution in [2.24, 2.45) is 0 Å². The lowest BCUT2D eigenvalue weighted by molar-refractivity contribution is 0.164. The summed E-state index contributed by atoms with van der Waals surface area (Å²) in [5.41, 5.74) is 2.64. The standard InChI is InChI=1S/C25H26F2N4O3/c26-18-9-15(10-21-25(18)34-8-7-33-21)11-28-17-3-5-30(6-4-17)13-16-14-31-22(32)2-1-20-24(31)23(16)19(27)12-29-20/h1-2,9-10,12,16-17,28H,3-8,11,13-14H2/t16-/m1/s1. The molecule has 0 radical (unpaired) electrons. The summed E-state index contributed by atoms with van der Waals surface area (Å²) in [5, 5.41) is 3.53. The number of benzene rings is 1. The Morgan fingerprint density at radius 2 is 1.91 bits per heavy atom. The molecule has 9 heteroatoms. The minimum Gasteiger partial charge on any atom is -0.486 e. The molecule has 1 aromatic carbocycles. The van der Waals surface area contributed by atoms with Crippen molar-refractivity contribution in [3.05, 3.63) is 63.6 Å². The normalized spacial score (nSPS) is 20.2. The number of hydrogen-bond donors (Lipinski definition) is 1. The molecule has 7 nitrogen and oxygen atoms in total. The van der Waals surface area contributed by atoms with Crippen LogP contribution in [0.25, 0.3) is 11.0 Å². The van der Waals surface area contributed by atoms with E-state index in [2.05, 4.69) is 15.2 Å². The number of piperidine rings is 1. The van der Waals surface area contributed by atoms with Crippen LogP contribution in [-0.2, 0) is 13.1 Å². The van der Waals surface area contributed by atoms with Gasteiger partial charge in [0.25, 0.3) is 5.56 Å². The summed E-state index contributed by atoms with van der Waals surface area (Å²) in [6.45, 7) is 4.30. The summed E-state index contributed by atoms with van der Waals surface area (Å²) >= 11 is 0. The number of nitrogens with zero attached hydrogens (tertiary/aromatic N) is 3. The first kappa shape index (κ1) is 21.5. The van der Waals surface area contributed by atoms with Gasteiger partial charge in [-0.15, -0.1) is 0 Å². The summed E-state index contributed by atoms with van der Waals surface area (Å²) in [6.07, 6.45) is 3.16. The van der Waals surface area contributed by atoms with Crippen molar-refractivity contribution in [1.29, 1.82) is 0 Å². The summed E-state index contributed by atoms with van der Waals surface area (Å²) in [6, 6.07) is 6.83. The average Bonchev–Trinajstić information content (AvgIpc) is 3.24. The number of halogens is 2. The molecule has 6 rings (SSSR count). The number of likely N-dealkylation sites (tertiary alicyclic amines) is 1. The second kappa shape index (κ2) is 8.63. The quantitative estimate of drug-likeness (QED) is 0.621. The fourth-order valence-electron chi connectivity index (χ4n) is 5.45. The van der Waals surface area contributed by atoms with Crippen molar-refractivity contribution < 1.29 is 18.3 Å². The molecule has 1 saturated heterocycles. The topological polar surface area (TPSA) is 68.6 Å². The van der Waals surface area contributed by atoms with Crippen LogP contribution in [0.3, 0.4) is 0 Å². The lowest BCUT2D eigenvalue weighted by atomic mass is 9.98. The molecule has 2 aromatic heterocycles. The van der Waals surface area contributed by atoms with Gasteiger partial charge in [-0.2, -0.15) is 0 Å². The van der Waals surface area contributed by atoms with E-state index in [4.69, 9.17) is 9.47 Å². The predicted molar refractivity (Wildman–Crippen MR) is 122 cm³/mol. The molecule has 0 bridgehead atoms. The van der Waals surface area contributed by atoms with E-state index < -0.39 is 5.82 Å². The Balaban J connectivity index is 1.07. The van der Waals surface area contributed by atoms with Crippen molar-refractivity contribution in [2.45, 2.75) is 37.9 Å². The van der Waals surface area contributed by atoms with Crippen LogP contribution in [0.1, 0.15) is 29.9 Å². The molecule has 3 aliphatic rings. The molecule has 34 heavy (non-hydrogen) atoms. The second-order valence-corrected chi connectivity index (χ2v) is 9.29. The van der Waals surface area contributed by atoms with E-state index >= 15 is 0 Å². The molecule has 1 N–H and O–H groups in total. The Bertz CT molecular complexity index is 1300. The lowest BCUT2D eigenvalue weighted by Crippen LogP contribution is -2.43. The van der Waals surface area contributed by atoms with Gasteiger partial charge in [0, 0.05) is 43.2 Å². The highest BCUT2D eigenvalue weighted by Gasteiger charge is 2.31. The smallest absolute Gasteiger partial charge is 0.251 e. The van der Waals surface area contributed by atoms with Crippen LogP contribution in [-0.4, -0.2) is 53.3 Å². The minimum atomic E-state index is -0.391. The molecule has 3 aliphatic heterocycles. The molecular weight excluding hydrogens is 442 g/mol. The highest BCUT2D eigenvalue weighted by atomic mass is 19.1. The van der Waals surface area contributed by atoms with Crippen molar-refractivity contribution in [3.8, 4) is 11.5 Å². The van der Waals surface area contributed by atoms with E-state index in [9.17, 15) is 13.6 Å². The van der Waals surface area contributed by atoms with Crippen LogP contribution >= 0.6 is 0 Å². The highest BCUT2D eigenvalue weighted by Crippen LogP contribution is 2.35. The van der Waals surface area contributed by atoms with Gasteiger partial charge in [-0.05, 0) is 49.7 Å². The first-order valence-corrected chi connectivity index (χ1v) is 11.8. The van der Waals surface area contributed by atoms with Gasteiger partial charge < -0.3 is 24.3 Å². The number of aromatic nitrogens is 2. The number of rotatable bonds is 5. The maximum atomic E-state index is 14.7. The third kappa shape index (κ3) is 3.82. The SMILES string of the molecule is O=c1ccc2ncc(F)c3c2n1C[C@H]3CN1CCC(NCc2cc(F)c3c(c2)OCCO3)CC1. The van der Waals surface area contributed by atoms with Crippen LogP contribution in [0.15, 0.2) is 35.3 Å². The first-order valence-electron chi connectivity index (χ1n) is 11.8. The zero-order valence-corrected chi connectivity index (χ0v) is 18.7. The summed E-state index contributed by atoms with van der Waals surface area (Å²) in [7, 11) is 0. The number of pyridine rings is 2. The third-order valence-electron chi connectivity index (χ3n) is 7.12. The van der Waals surface area contributed by atoms with Gasteiger partial charge in [0.15, 0.2) is 17.3 Å². The van der Waals surface area contributed by atoms with E-state index in [-0.39, 0.29) is 23.0 Å². The largest absolute Gasteiger partial charge is 0.486 e. The molecule has 0 saturated carbocycles. The average molecular weight is 469 g/mol. The number of hydrogen-bond acceptors (Lipinski definition) is 6. The van der Waals surface area contributed by atoms with Crippen molar-refractivity contribution in [2.75, 3.05) is 32.8 Å². The fraction of sp³-hybridized carbons (Fsp3) is 0.440. The zero-order chi connectivity index (χ0) is 23.2. The zero-order valence-electron chi connectivity index (χ0n) is 18.7. The molecule has 5 heterocycles. The summed E-state index contributed by atoms with van der Waals surface area (Å²) in [5.74, 6) is -0.129. The van der Waals surface area contributed by atoms with Gasteiger partial charge in [-0.25, -0.2) is 8.78 Å². The Kier molecular flexibility index (Phi) is 5.45. The van der Waals surface area contributed by atoms with Gasteiger partial charge in [-0.3, -0.25) is 9.78 Å². The fourth-order valence-corrected chi connectivity index (χ4v) is 5.45. The second-order valence-electron chi connectivity index (χ2n) is 9.29. The molecule has 0 amide bonds. The lowest BCUT2D eigenvalue weighted by Gasteiger charge is -2.34. The van der Waals surface area contributed by atoms with E-state index in [1.165, 1.54) is 18.3 Å². The highest BCUT2D eigenvalue weighted by molar-refractivity contribution is 5.80. The van der Waals surface area contributed by atoms with Gasteiger partial charge >= 0.3 is 0 Å². The van der Waals surface area contributed by atoms with E-state index in [1.54, 1.807) is 10.6 Å². The van der Waals surface area contributed by atoms with Gasteiger partial charge in [-0.1, -0.05) is 0 Å². The summed E-state index contributed by atoms with van der Waals surface area (Å²) in [4.78, 5) is 18.8. The van der Waals surface area contributed by atoms with Crippen LogP contribution in [0.2, 0.25) is 0 Å². The first-order chi connectivity index (χ1) is 16.6.